The van der Waals surface area contributed by atoms with E-state index in [1.54, 1.807) is 6.92 Å². The highest BCUT2D eigenvalue weighted by molar-refractivity contribution is 5.95. The van der Waals surface area contributed by atoms with E-state index < -0.39 is 0 Å². The van der Waals surface area contributed by atoms with E-state index in [0.717, 1.165) is 12.2 Å². The van der Waals surface area contributed by atoms with Gasteiger partial charge in [-0.1, -0.05) is 60.2 Å². The van der Waals surface area contributed by atoms with Crippen LogP contribution in [-0.4, -0.2) is 5.78 Å². The minimum Gasteiger partial charge on any atom is -0.465 e. The zero-order valence-electron chi connectivity index (χ0n) is 14.9. The van der Waals surface area contributed by atoms with Crippen molar-refractivity contribution in [3.63, 3.8) is 0 Å². The largest absolute Gasteiger partial charge is 0.465 e. The summed E-state index contributed by atoms with van der Waals surface area (Å²) in [4.78, 5) is 11.9. The highest BCUT2D eigenvalue weighted by Crippen LogP contribution is 2.64. The SMILES string of the molecule is CC(=O)c1cc([C@]2(c3ccccc3)CC2c2ccc(C)cc2)oc1C. The van der Waals surface area contributed by atoms with Gasteiger partial charge in [-0.25, -0.2) is 0 Å². The monoisotopic (exact) mass is 330 g/mol. The summed E-state index contributed by atoms with van der Waals surface area (Å²) in [6.45, 7) is 5.58. The van der Waals surface area contributed by atoms with Gasteiger partial charge in [0.2, 0.25) is 0 Å². The summed E-state index contributed by atoms with van der Waals surface area (Å²) in [5.74, 6) is 2.06. The number of aryl methyl sites for hydroxylation is 2. The van der Waals surface area contributed by atoms with Gasteiger partial charge in [-0.05, 0) is 44.4 Å². The van der Waals surface area contributed by atoms with Crippen LogP contribution in [0.4, 0.5) is 0 Å². The lowest BCUT2D eigenvalue weighted by molar-refractivity contribution is 0.101. The van der Waals surface area contributed by atoms with Gasteiger partial charge in [0.25, 0.3) is 0 Å². The molecule has 1 aromatic heterocycles. The second-order valence-corrected chi connectivity index (χ2v) is 7.14. The van der Waals surface area contributed by atoms with Gasteiger partial charge in [-0.15, -0.1) is 0 Å². The molecule has 1 heterocycles. The predicted molar refractivity (Wildman–Crippen MR) is 99.2 cm³/mol. The standard InChI is InChI=1S/C23H22O2/c1-15-9-11-18(12-10-15)21-14-23(21,19-7-5-4-6-8-19)22-13-20(16(2)24)17(3)25-22/h4-13,21H,14H2,1-3H3/t21?,23-/m0/s1. The first-order valence-electron chi connectivity index (χ1n) is 8.76. The van der Waals surface area contributed by atoms with Crippen LogP contribution >= 0.6 is 0 Å². The summed E-state index contributed by atoms with van der Waals surface area (Å²) >= 11 is 0. The first-order valence-corrected chi connectivity index (χ1v) is 8.76. The van der Waals surface area contributed by atoms with Crippen molar-refractivity contribution in [3.05, 3.63) is 94.4 Å². The molecular formula is C23H22O2. The van der Waals surface area contributed by atoms with Crippen LogP contribution in [0.2, 0.25) is 0 Å². The van der Waals surface area contributed by atoms with Crippen molar-refractivity contribution in [2.24, 2.45) is 0 Å². The zero-order chi connectivity index (χ0) is 17.6. The maximum Gasteiger partial charge on any atom is 0.163 e. The van der Waals surface area contributed by atoms with E-state index in [4.69, 9.17) is 4.42 Å². The second-order valence-electron chi connectivity index (χ2n) is 7.14. The summed E-state index contributed by atoms with van der Waals surface area (Å²) in [6.07, 6.45) is 1.00. The van der Waals surface area contributed by atoms with Crippen LogP contribution in [0, 0.1) is 13.8 Å². The molecule has 126 valence electrons. The molecule has 1 aliphatic carbocycles. The fourth-order valence-corrected chi connectivity index (χ4v) is 3.98. The third-order valence-electron chi connectivity index (χ3n) is 5.47. The molecule has 2 atom stereocenters. The number of benzene rings is 2. The van der Waals surface area contributed by atoms with Crippen LogP contribution in [0.3, 0.4) is 0 Å². The molecule has 1 unspecified atom stereocenters. The van der Waals surface area contributed by atoms with Crippen molar-refractivity contribution >= 4 is 5.78 Å². The van der Waals surface area contributed by atoms with Crippen LogP contribution in [0.15, 0.2) is 65.1 Å². The van der Waals surface area contributed by atoms with E-state index in [1.165, 1.54) is 16.7 Å². The molecule has 3 aromatic rings. The average Bonchev–Trinajstić information content (AvgIpc) is 3.24. The summed E-state index contributed by atoms with van der Waals surface area (Å²) < 4.78 is 6.11. The van der Waals surface area contributed by atoms with Gasteiger partial charge in [-0.3, -0.25) is 4.79 Å². The van der Waals surface area contributed by atoms with E-state index in [1.807, 2.05) is 19.1 Å². The number of carbonyl (C=O) groups is 1. The Bertz CT molecular complexity index is 918. The number of rotatable bonds is 4. The number of carbonyl (C=O) groups excluding carboxylic acids is 1. The molecule has 2 aromatic carbocycles. The maximum atomic E-state index is 11.9. The summed E-state index contributed by atoms with van der Waals surface area (Å²) in [7, 11) is 0. The molecule has 0 amide bonds. The minimum atomic E-state index is -0.172. The van der Waals surface area contributed by atoms with Gasteiger partial charge in [0.15, 0.2) is 5.78 Å². The Kier molecular flexibility index (Phi) is 3.64. The van der Waals surface area contributed by atoms with Crippen LogP contribution in [-0.2, 0) is 5.41 Å². The molecule has 4 rings (SSSR count). The van der Waals surface area contributed by atoms with Gasteiger partial charge in [0.1, 0.15) is 11.5 Å². The van der Waals surface area contributed by atoms with Crippen LogP contribution < -0.4 is 0 Å². The van der Waals surface area contributed by atoms with Gasteiger partial charge in [0, 0.05) is 5.92 Å². The fourth-order valence-electron chi connectivity index (χ4n) is 3.98. The molecule has 0 saturated heterocycles. The van der Waals surface area contributed by atoms with E-state index in [0.29, 0.717) is 17.2 Å². The topological polar surface area (TPSA) is 30.2 Å². The van der Waals surface area contributed by atoms with E-state index in [9.17, 15) is 4.79 Å². The Labute approximate surface area is 148 Å². The molecule has 2 heteroatoms. The lowest BCUT2D eigenvalue weighted by atomic mass is 9.88. The van der Waals surface area contributed by atoms with Gasteiger partial charge >= 0.3 is 0 Å². The fraction of sp³-hybridized carbons (Fsp3) is 0.261. The van der Waals surface area contributed by atoms with Crippen LogP contribution in [0.5, 0.6) is 0 Å². The third-order valence-corrected chi connectivity index (χ3v) is 5.47. The summed E-state index contributed by atoms with van der Waals surface area (Å²) in [6, 6.07) is 21.2. The Morgan fingerprint density at radius 2 is 1.72 bits per heavy atom. The summed E-state index contributed by atoms with van der Waals surface area (Å²) in [5, 5.41) is 0. The molecule has 0 radical (unpaired) electrons. The van der Waals surface area contributed by atoms with Gasteiger partial charge < -0.3 is 4.42 Å². The normalized spacial score (nSPS) is 22.0. The molecular weight excluding hydrogens is 308 g/mol. The molecule has 2 nitrogen and oxygen atoms in total. The summed E-state index contributed by atoms with van der Waals surface area (Å²) in [5.41, 5.74) is 4.37. The van der Waals surface area contributed by atoms with Crippen LogP contribution in [0.1, 0.15) is 57.8 Å². The smallest absolute Gasteiger partial charge is 0.163 e. The van der Waals surface area contributed by atoms with Crippen LogP contribution in [0.25, 0.3) is 0 Å². The number of hydrogen-bond donors (Lipinski definition) is 0. The lowest BCUT2D eigenvalue weighted by Gasteiger charge is -2.16. The molecule has 25 heavy (non-hydrogen) atoms. The lowest BCUT2D eigenvalue weighted by Crippen LogP contribution is -2.11. The van der Waals surface area contributed by atoms with Crippen molar-refractivity contribution in [3.8, 4) is 0 Å². The number of furan rings is 1. The van der Waals surface area contributed by atoms with Crippen molar-refractivity contribution in [1.29, 1.82) is 0 Å². The number of hydrogen-bond acceptors (Lipinski definition) is 2. The number of Topliss-reactive ketones (excluding diaryl/α,β-unsaturated/α-hetero) is 1. The Balaban J connectivity index is 1.83. The molecule has 0 bridgehead atoms. The first-order chi connectivity index (χ1) is 12.0. The van der Waals surface area contributed by atoms with E-state index in [2.05, 4.69) is 55.5 Å². The Morgan fingerprint density at radius 1 is 1.04 bits per heavy atom. The Morgan fingerprint density at radius 3 is 2.32 bits per heavy atom. The molecule has 0 spiro atoms. The second kappa shape index (κ2) is 5.73. The predicted octanol–water partition coefficient (Wildman–Crippen LogP) is 5.57. The Hall–Kier alpha value is -2.61. The molecule has 1 saturated carbocycles. The van der Waals surface area contributed by atoms with Crippen molar-refractivity contribution < 1.29 is 9.21 Å². The third kappa shape index (κ3) is 2.53. The van der Waals surface area contributed by atoms with E-state index >= 15 is 0 Å². The quantitative estimate of drug-likeness (QED) is 0.585. The van der Waals surface area contributed by atoms with E-state index in [-0.39, 0.29) is 11.2 Å². The highest BCUT2D eigenvalue weighted by Gasteiger charge is 2.59. The number of ketones is 1. The molecule has 1 aliphatic rings. The van der Waals surface area contributed by atoms with Crippen molar-refractivity contribution in [1.82, 2.24) is 0 Å². The van der Waals surface area contributed by atoms with Crippen molar-refractivity contribution in [2.45, 2.75) is 38.5 Å². The maximum absolute atomic E-state index is 11.9. The van der Waals surface area contributed by atoms with Crippen molar-refractivity contribution in [2.75, 3.05) is 0 Å². The molecule has 1 fully saturated rings. The molecule has 0 N–H and O–H groups in total. The average molecular weight is 330 g/mol. The molecule has 0 aliphatic heterocycles. The van der Waals surface area contributed by atoms with Gasteiger partial charge in [-0.2, -0.15) is 0 Å². The first kappa shape index (κ1) is 15.9. The highest BCUT2D eigenvalue weighted by atomic mass is 16.3. The van der Waals surface area contributed by atoms with Gasteiger partial charge in [0.05, 0.1) is 11.0 Å². The zero-order valence-corrected chi connectivity index (χ0v) is 14.9. The minimum absolute atomic E-state index is 0.0586.